The van der Waals surface area contributed by atoms with Gasteiger partial charge < -0.3 is 0 Å². The van der Waals surface area contributed by atoms with Crippen LogP contribution in [0.5, 0.6) is 0 Å². The highest BCUT2D eigenvalue weighted by Gasteiger charge is 2.21. The number of hydrogen-bond acceptors (Lipinski definition) is 3. The minimum absolute atomic E-state index is 0.118. The summed E-state index contributed by atoms with van der Waals surface area (Å²) in [5, 5.41) is 0. The van der Waals surface area contributed by atoms with Crippen LogP contribution in [0.2, 0.25) is 0 Å². The first-order valence-electron chi connectivity index (χ1n) is 5.89. The molecule has 1 N–H and O–H groups in total. The van der Waals surface area contributed by atoms with Gasteiger partial charge in [0.1, 0.15) is 10.7 Å². The minimum Gasteiger partial charge on any atom is -0.294 e. The Morgan fingerprint density at radius 3 is 2.48 bits per heavy atom. The maximum absolute atomic E-state index is 13.8. The van der Waals surface area contributed by atoms with Crippen molar-refractivity contribution in [3.05, 3.63) is 58.3 Å². The number of hydrogen-bond donors (Lipinski definition) is 1. The van der Waals surface area contributed by atoms with E-state index in [2.05, 4.69) is 20.7 Å². The zero-order valence-electron chi connectivity index (χ0n) is 10.9. The average molecular weight is 372 g/mol. The third-order valence-corrected chi connectivity index (χ3v) is 4.63. The highest BCUT2D eigenvalue weighted by atomic mass is 79.9. The summed E-state index contributed by atoms with van der Waals surface area (Å²) < 4.78 is 40.9. The van der Waals surface area contributed by atoms with E-state index in [0.717, 1.165) is 12.1 Å². The van der Waals surface area contributed by atoms with Crippen molar-refractivity contribution in [2.45, 2.75) is 11.8 Å². The Balaban J connectivity index is 2.45. The van der Waals surface area contributed by atoms with Crippen molar-refractivity contribution in [2.75, 3.05) is 4.72 Å². The molecule has 0 unspecified atom stereocenters. The van der Waals surface area contributed by atoms with Gasteiger partial charge in [0.2, 0.25) is 0 Å². The van der Waals surface area contributed by atoms with E-state index >= 15 is 0 Å². The lowest BCUT2D eigenvalue weighted by Crippen LogP contribution is -2.16. The molecule has 2 aromatic carbocycles. The van der Waals surface area contributed by atoms with Crippen molar-refractivity contribution in [1.82, 2.24) is 0 Å². The van der Waals surface area contributed by atoms with Crippen LogP contribution in [0, 0.1) is 5.82 Å². The molecular formula is C14H11BrFNO3S. The first-order chi connectivity index (χ1) is 9.81. The number of carbonyl (C=O) groups is 1. The molecule has 4 nitrogen and oxygen atoms in total. The molecule has 0 heterocycles. The van der Waals surface area contributed by atoms with Crippen LogP contribution in [-0.2, 0) is 10.0 Å². The monoisotopic (exact) mass is 371 g/mol. The van der Waals surface area contributed by atoms with Crippen LogP contribution in [0.1, 0.15) is 17.3 Å². The Morgan fingerprint density at radius 1 is 1.19 bits per heavy atom. The molecule has 7 heteroatoms. The van der Waals surface area contributed by atoms with Crippen LogP contribution in [0.3, 0.4) is 0 Å². The second-order valence-corrected chi connectivity index (χ2v) is 6.85. The third-order valence-electron chi connectivity index (χ3n) is 2.73. The molecule has 0 bridgehead atoms. The van der Waals surface area contributed by atoms with Gasteiger partial charge in [0, 0.05) is 10.0 Å². The summed E-state index contributed by atoms with van der Waals surface area (Å²) in [6, 6.07) is 9.79. The number of sulfonamides is 1. The van der Waals surface area contributed by atoms with Crippen LogP contribution >= 0.6 is 15.9 Å². The zero-order chi connectivity index (χ0) is 15.6. The summed E-state index contributed by atoms with van der Waals surface area (Å²) in [7, 11) is -4.11. The van der Waals surface area contributed by atoms with Crippen LogP contribution in [-0.4, -0.2) is 14.2 Å². The van der Waals surface area contributed by atoms with Gasteiger partial charge in [-0.1, -0.05) is 28.1 Å². The van der Waals surface area contributed by atoms with Crippen molar-refractivity contribution in [2.24, 2.45) is 0 Å². The minimum atomic E-state index is -4.11. The molecule has 0 aromatic heterocycles. The van der Waals surface area contributed by atoms with E-state index in [1.165, 1.54) is 25.1 Å². The Kier molecular flexibility index (Phi) is 4.43. The fourth-order valence-corrected chi connectivity index (χ4v) is 3.25. The highest BCUT2D eigenvalue weighted by molar-refractivity contribution is 9.10. The number of carbonyl (C=O) groups excluding carboxylic acids is 1. The van der Waals surface area contributed by atoms with E-state index in [-0.39, 0.29) is 17.0 Å². The quantitative estimate of drug-likeness (QED) is 0.835. The van der Waals surface area contributed by atoms with Crippen molar-refractivity contribution < 1.29 is 17.6 Å². The van der Waals surface area contributed by atoms with Gasteiger partial charge in [-0.2, -0.15) is 0 Å². The topological polar surface area (TPSA) is 63.2 Å². The van der Waals surface area contributed by atoms with Gasteiger partial charge in [0.05, 0.1) is 5.69 Å². The largest absolute Gasteiger partial charge is 0.294 e. The number of rotatable bonds is 4. The highest BCUT2D eigenvalue weighted by Crippen LogP contribution is 2.24. The lowest BCUT2D eigenvalue weighted by atomic mass is 10.1. The molecule has 0 aliphatic rings. The number of nitrogens with one attached hydrogen (secondary N) is 1. The van der Waals surface area contributed by atoms with Gasteiger partial charge in [-0.15, -0.1) is 0 Å². The van der Waals surface area contributed by atoms with Gasteiger partial charge >= 0.3 is 0 Å². The molecular weight excluding hydrogens is 361 g/mol. The molecule has 0 saturated heterocycles. The fourth-order valence-electron chi connectivity index (χ4n) is 1.77. The summed E-state index contributed by atoms with van der Waals surface area (Å²) in [5.74, 6) is -1.17. The number of para-hydroxylation sites is 1. The first-order valence-corrected chi connectivity index (χ1v) is 8.17. The Hall–Kier alpha value is -1.73. The summed E-state index contributed by atoms with van der Waals surface area (Å²) in [6.07, 6.45) is 0. The lowest BCUT2D eigenvalue weighted by Gasteiger charge is -2.11. The van der Waals surface area contributed by atoms with E-state index < -0.39 is 20.7 Å². The van der Waals surface area contributed by atoms with E-state index in [0.29, 0.717) is 4.47 Å². The fraction of sp³-hybridized carbons (Fsp3) is 0.0714. The predicted molar refractivity (Wildman–Crippen MR) is 81.4 cm³/mol. The van der Waals surface area contributed by atoms with E-state index in [1.807, 2.05) is 0 Å². The van der Waals surface area contributed by atoms with Crippen molar-refractivity contribution in [1.29, 1.82) is 0 Å². The molecule has 0 radical (unpaired) electrons. The Labute approximate surface area is 130 Å². The van der Waals surface area contributed by atoms with Gasteiger partial charge in [-0.05, 0) is 37.3 Å². The number of Topliss-reactive ketones (excluding diaryl/α,β-unsaturated/α-hetero) is 1. The van der Waals surface area contributed by atoms with Gasteiger partial charge in [0.15, 0.2) is 5.78 Å². The summed E-state index contributed by atoms with van der Waals surface area (Å²) in [6.45, 7) is 1.33. The summed E-state index contributed by atoms with van der Waals surface area (Å²) in [4.78, 5) is 11.0. The number of halogens is 2. The third kappa shape index (κ3) is 3.48. The second kappa shape index (κ2) is 5.95. The van der Waals surface area contributed by atoms with Gasteiger partial charge in [-0.3, -0.25) is 9.52 Å². The molecule has 2 rings (SSSR count). The number of anilines is 1. The Bertz CT molecular complexity index is 806. The molecule has 110 valence electrons. The van der Waals surface area contributed by atoms with Crippen molar-refractivity contribution >= 4 is 37.4 Å². The zero-order valence-corrected chi connectivity index (χ0v) is 13.3. The maximum atomic E-state index is 13.8. The molecule has 0 fully saturated rings. The van der Waals surface area contributed by atoms with Crippen LogP contribution in [0.25, 0.3) is 0 Å². The van der Waals surface area contributed by atoms with E-state index in [1.54, 1.807) is 12.1 Å². The van der Waals surface area contributed by atoms with E-state index in [9.17, 15) is 17.6 Å². The molecule has 2 aromatic rings. The maximum Gasteiger partial charge on any atom is 0.264 e. The number of ketones is 1. The molecule has 0 amide bonds. The SMILES string of the molecule is CC(=O)c1ccccc1NS(=O)(=O)c1ccc(Br)cc1F. The smallest absolute Gasteiger partial charge is 0.264 e. The molecule has 0 aliphatic heterocycles. The van der Waals surface area contributed by atoms with Crippen molar-refractivity contribution in [3.8, 4) is 0 Å². The summed E-state index contributed by atoms with van der Waals surface area (Å²) >= 11 is 3.06. The molecule has 0 aliphatic carbocycles. The molecule has 0 atom stereocenters. The Morgan fingerprint density at radius 2 is 1.86 bits per heavy atom. The van der Waals surface area contributed by atoms with Crippen LogP contribution < -0.4 is 4.72 Å². The van der Waals surface area contributed by atoms with Gasteiger partial charge in [-0.25, -0.2) is 12.8 Å². The van der Waals surface area contributed by atoms with Crippen molar-refractivity contribution in [3.63, 3.8) is 0 Å². The normalized spacial score (nSPS) is 11.2. The molecule has 21 heavy (non-hydrogen) atoms. The van der Waals surface area contributed by atoms with Gasteiger partial charge in [0.25, 0.3) is 10.0 Å². The lowest BCUT2D eigenvalue weighted by molar-refractivity contribution is 0.101. The summed E-state index contributed by atoms with van der Waals surface area (Å²) in [5.41, 5.74) is 0.339. The van der Waals surface area contributed by atoms with E-state index in [4.69, 9.17) is 0 Å². The number of benzene rings is 2. The van der Waals surface area contributed by atoms with Crippen LogP contribution in [0.15, 0.2) is 51.8 Å². The van der Waals surface area contributed by atoms with Crippen LogP contribution in [0.4, 0.5) is 10.1 Å². The molecule has 0 spiro atoms. The standard InChI is InChI=1S/C14H11BrFNO3S/c1-9(18)11-4-2-3-5-13(11)17-21(19,20)14-7-6-10(15)8-12(14)16/h2-8,17H,1H3. The average Bonchev–Trinajstić information content (AvgIpc) is 2.37. The second-order valence-electron chi connectivity index (χ2n) is 4.28. The first kappa shape index (κ1) is 15.7. The predicted octanol–water partition coefficient (Wildman–Crippen LogP) is 3.59. The molecule has 0 saturated carbocycles.